The number of ether oxygens (including phenoxy) is 3. The number of benzene rings is 2. The summed E-state index contributed by atoms with van der Waals surface area (Å²) >= 11 is 6.48. The lowest BCUT2D eigenvalue weighted by molar-refractivity contribution is -0.0314. The highest BCUT2D eigenvalue weighted by molar-refractivity contribution is 7.92. The number of anilines is 1. The number of amides is 1. The van der Waals surface area contributed by atoms with Crippen LogP contribution in [0.4, 0.5) is 5.69 Å². The molecule has 3 aliphatic heterocycles. The molecule has 1 amide bonds. The first-order valence-electron chi connectivity index (χ1n) is 18.9. The minimum Gasteiger partial charge on any atom is -0.490 e. The molecule has 2 bridgehead atoms. The largest absolute Gasteiger partial charge is 0.490 e. The Morgan fingerprint density at radius 3 is 2.84 bits per heavy atom. The molecule has 2 N–H and O–H groups in total. The first-order valence-corrected chi connectivity index (χ1v) is 20.9. The summed E-state index contributed by atoms with van der Waals surface area (Å²) in [6, 6.07) is 11.8. The van der Waals surface area contributed by atoms with E-state index in [1.54, 1.807) is 13.0 Å². The number of hydrogen-bond donors (Lipinski definition) is 2. The van der Waals surface area contributed by atoms with Crippen molar-refractivity contribution in [1.29, 1.82) is 0 Å². The number of allylic oxidation sites excluding steroid dienone is 1. The Labute approximate surface area is 308 Å². The van der Waals surface area contributed by atoms with E-state index in [0.29, 0.717) is 49.9 Å². The third kappa shape index (κ3) is 8.51. The van der Waals surface area contributed by atoms with E-state index in [1.807, 2.05) is 18.2 Å². The maximum atomic E-state index is 14.1. The van der Waals surface area contributed by atoms with Crippen LogP contribution in [0.3, 0.4) is 0 Å². The van der Waals surface area contributed by atoms with Crippen LogP contribution in [0.1, 0.15) is 73.4 Å². The van der Waals surface area contributed by atoms with Crippen molar-refractivity contribution in [2.24, 2.45) is 16.2 Å². The molecule has 2 aliphatic carbocycles. The Bertz CT molecular complexity index is 1710. The van der Waals surface area contributed by atoms with Gasteiger partial charge in [0.25, 0.3) is 5.91 Å². The molecule has 278 valence electrons. The third-order valence-corrected chi connectivity index (χ3v) is 13.7. The van der Waals surface area contributed by atoms with Gasteiger partial charge < -0.3 is 24.2 Å². The van der Waals surface area contributed by atoms with Crippen molar-refractivity contribution < 1.29 is 28.3 Å². The van der Waals surface area contributed by atoms with Gasteiger partial charge in [-0.1, -0.05) is 36.7 Å². The number of aliphatic hydroxyl groups is 1. The average molecular weight is 741 g/mol. The van der Waals surface area contributed by atoms with E-state index in [1.165, 1.54) is 11.1 Å². The quantitative estimate of drug-likeness (QED) is 0.273. The molecule has 2 aromatic rings. The Kier molecular flexibility index (Phi) is 11.7. The number of aryl methyl sites for hydroxylation is 1. The number of rotatable bonds is 7. The van der Waals surface area contributed by atoms with Gasteiger partial charge in [0, 0.05) is 54.5 Å². The second-order valence-corrected chi connectivity index (χ2v) is 17.5. The molecule has 1 saturated heterocycles. The number of halogens is 1. The summed E-state index contributed by atoms with van der Waals surface area (Å²) in [6.07, 6.45) is 10.1. The van der Waals surface area contributed by atoms with Gasteiger partial charge in [-0.25, -0.2) is 8.93 Å². The number of nitrogens with zero attached hydrogens (tertiary/aromatic N) is 3. The lowest BCUT2D eigenvalue weighted by atomic mass is 9.68. The molecule has 1 spiro atoms. The van der Waals surface area contributed by atoms with Crippen LogP contribution >= 0.6 is 11.6 Å². The van der Waals surface area contributed by atoms with E-state index in [-0.39, 0.29) is 17.3 Å². The molecular formula is C39H53ClN4O6S. The molecule has 0 aromatic heterocycles. The van der Waals surface area contributed by atoms with Gasteiger partial charge in [-0.2, -0.15) is 0 Å². The van der Waals surface area contributed by atoms with Crippen molar-refractivity contribution in [3.05, 3.63) is 70.3 Å². The van der Waals surface area contributed by atoms with Crippen LogP contribution in [0.2, 0.25) is 5.02 Å². The standard InChI is InChI=1S/C39H53ClN4O6S/c1-2-37(45)41-51(47)22-5-3-4-8-35(49-21-18-43-16-19-48-20-17-43)32-12-9-30(32)25-44-26-39(15-6-7-28-23-31(40)11-13-33(28)39)27-50-36-14-10-29(24-34(36)44)38(46)42-51/h4,8,10-11,13-14,23-24,30,32,35,37,45H,2-3,5-7,9,12,15-22,25-27H2,1H3,(H,41,42,46,47)/b8-4+/t30-,32+,35-,37?,39-,51?/m0/s1. The van der Waals surface area contributed by atoms with Gasteiger partial charge in [0.1, 0.15) is 21.9 Å². The first kappa shape index (κ1) is 36.8. The van der Waals surface area contributed by atoms with Gasteiger partial charge in [0.05, 0.1) is 38.2 Å². The average Bonchev–Trinajstić information content (AvgIpc) is 3.26. The van der Waals surface area contributed by atoms with Crippen molar-refractivity contribution >= 4 is 33.1 Å². The second kappa shape index (κ2) is 16.2. The van der Waals surface area contributed by atoms with Gasteiger partial charge in [-0.05, 0) is 105 Å². The molecule has 0 radical (unpaired) electrons. The van der Waals surface area contributed by atoms with Gasteiger partial charge in [-0.3, -0.25) is 9.69 Å². The van der Waals surface area contributed by atoms with E-state index < -0.39 is 22.1 Å². The zero-order chi connectivity index (χ0) is 35.4. The summed E-state index contributed by atoms with van der Waals surface area (Å²) in [5, 5.41) is 11.2. The molecule has 2 unspecified atom stereocenters. The predicted molar refractivity (Wildman–Crippen MR) is 201 cm³/mol. The highest BCUT2D eigenvalue weighted by Gasteiger charge is 2.44. The monoisotopic (exact) mass is 740 g/mol. The van der Waals surface area contributed by atoms with Crippen molar-refractivity contribution in [2.45, 2.75) is 76.0 Å². The lowest BCUT2D eigenvalue weighted by Crippen LogP contribution is -2.50. The van der Waals surface area contributed by atoms with Gasteiger partial charge in [-0.15, -0.1) is 4.36 Å². The Hall–Kier alpha value is -2.51. The normalized spacial score (nSPS) is 31.3. The fourth-order valence-corrected chi connectivity index (χ4v) is 10.5. The van der Waals surface area contributed by atoms with Crippen molar-refractivity contribution in [3.63, 3.8) is 0 Å². The number of fused-ring (bicyclic) bond motifs is 4. The number of carbonyl (C=O) groups is 1. The second-order valence-electron chi connectivity index (χ2n) is 14.9. The maximum Gasteiger partial charge on any atom is 0.286 e. The Morgan fingerprint density at radius 1 is 1.18 bits per heavy atom. The zero-order valence-corrected chi connectivity index (χ0v) is 31.3. The Balaban J connectivity index is 1.24. The minimum absolute atomic E-state index is 0.0334. The number of aliphatic hydroxyl groups excluding tert-OH is 1. The molecule has 51 heavy (non-hydrogen) atoms. The van der Waals surface area contributed by atoms with Crippen molar-refractivity contribution in [2.75, 3.05) is 69.8 Å². The van der Waals surface area contributed by atoms with Crippen LogP contribution in [-0.4, -0.2) is 97.4 Å². The molecule has 10 nitrogen and oxygen atoms in total. The zero-order valence-electron chi connectivity index (χ0n) is 29.8. The first-order chi connectivity index (χ1) is 24.7. The molecule has 2 aromatic carbocycles. The molecule has 3 heterocycles. The highest BCUT2D eigenvalue weighted by atomic mass is 35.5. The molecule has 12 heteroatoms. The van der Waals surface area contributed by atoms with Crippen molar-refractivity contribution in [3.8, 4) is 5.75 Å². The Morgan fingerprint density at radius 2 is 2.04 bits per heavy atom. The number of carbonyl (C=O) groups excluding carboxylic acids is 1. The molecular weight excluding hydrogens is 688 g/mol. The predicted octanol–water partition coefficient (Wildman–Crippen LogP) is 5.75. The molecule has 2 fully saturated rings. The van der Waals surface area contributed by atoms with Crippen LogP contribution in [0.25, 0.3) is 0 Å². The number of nitrogens with one attached hydrogen (secondary N) is 1. The van der Waals surface area contributed by atoms with Crippen LogP contribution in [-0.2, 0) is 31.2 Å². The summed E-state index contributed by atoms with van der Waals surface area (Å²) in [5.41, 5.74) is 3.55. The molecule has 6 atom stereocenters. The van der Waals surface area contributed by atoms with E-state index in [2.05, 4.69) is 43.2 Å². The molecule has 1 saturated carbocycles. The maximum absolute atomic E-state index is 14.1. The number of hydrogen-bond acceptors (Lipinski definition) is 8. The van der Waals surface area contributed by atoms with Crippen LogP contribution in [0.5, 0.6) is 5.75 Å². The topological polar surface area (TPSA) is 113 Å². The molecule has 7 rings (SSSR count). The fourth-order valence-electron chi connectivity index (χ4n) is 8.49. The summed E-state index contributed by atoms with van der Waals surface area (Å²) in [7, 11) is -3.24. The van der Waals surface area contributed by atoms with E-state index in [4.69, 9.17) is 25.8 Å². The van der Waals surface area contributed by atoms with Gasteiger partial charge >= 0.3 is 0 Å². The summed E-state index contributed by atoms with van der Waals surface area (Å²) < 4.78 is 40.0. The fraction of sp³-hybridized carbons (Fsp3) is 0.615. The van der Waals surface area contributed by atoms with Crippen LogP contribution in [0.15, 0.2) is 52.9 Å². The van der Waals surface area contributed by atoms with E-state index >= 15 is 0 Å². The smallest absolute Gasteiger partial charge is 0.286 e. The highest BCUT2D eigenvalue weighted by Crippen LogP contribution is 2.47. The third-order valence-electron chi connectivity index (χ3n) is 11.5. The van der Waals surface area contributed by atoms with E-state index in [9.17, 15) is 14.1 Å². The summed E-state index contributed by atoms with van der Waals surface area (Å²) in [5.74, 6) is 1.06. The van der Waals surface area contributed by atoms with Crippen LogP contribution in [0, 0.1) is 11.8 Å². The van der Waals surface area contributed by atoms with Crippen molar-refractivity contribution in [1.82, 2.24) is 9.62 Å². The minimum atomic E-state index is -3.24. The SMILES string of the molecule is CCC(O)NS1(=O)=NC(=O)c2ccc3c(c2)N(C[C@@H]2CC[C@H]2[C@@H](OCCN2CCOCC2)/C=C/CCC1)C[C@@]1(CCCc2cc(Cl)ccc21)CO3. The lowest BCUT2D eigenvalue weighted by Gasteiger charge is -2.46. The van der Waals surface area contributed by atoms with E-state index in [0.717, 1.165) is 94.5 Å². The summed E-state index contributed by atoms with van der Waals surface area (Å²) in [6.45, 7) is 8.78. The summed E-state index contributed by atoms with van der Waals surface area (Å²) in [4.78, 5) is 18.6. The van der Waals surface area contributed by atoms with Gasteiger partial charge in [0.15, 0.2) is 0 Å². The van der Waals surface area contributed by atoms with Gasteiger partial charge in [0.2, 0.25) is 0 Å². The number of morpholine rings is 1. The molecule has 5 aliphatic rings. The van der Waals surface area contributed by atoms with Crippen LogP contribution < -0.4 is 14.4 Å².